The van der Waals surface area contributed by atoms with Crippen molar-refractivity contribution in [2.75, 3.05) is 7.11 Å². The molecule has 0 fully saturated rings. The summed E-state index contributed by atoms with van der Waals surface area (Å²) in [6, 6.07) is 13.2. The molecule has 1 aliphatic heterocycles. The Morgan fingerprint density at radius 1 is 1.29 bits per heavy atom. The highest BCUT2D eigenvalue weighted by atomic mass is 127. The first kappa shape index (κ1) is 17.1. The van der Waals surface area contributed by atoms with Crippen LogP contribution in [0.2, 0.25) is 0 Å². The van der Waals surface area contributed by atoms with Crippen LogP contribution in [-0.4, -0.2) is 18.6 Å². The number of halogens is 1. The molecule has 0 saturated heterocycles. The lowest BCUT2D eigenvalue weighted by Crippen LogP contribution is -2.41. The molecular weight excluding hydrogens is 417 g/mol. The Morgan fingerprint density at radius 3 is 2.75 bits per heavy atom. The highest BCUT2D eigenvalue weighted by Crippen LogP contribution is 2.41. The van der Waals surface area contributed by atoms with Crippen LogP contribution in [0, 0.1) is 3.57 Å². The summed E-state index contributed by atoms with van der Waals surface area (Å²) < 4.78 is 12.3. The molecule has 0 spiro atoms. The van der Waals surface area contributed by atoms with Gasteiger partial charge < -0.3 is 14.8 Å². The predicted molar refractivity (Wildman–Crippen MR) is 102 cm³/mol. The number of hydrogen-bond donors (Lipinski definition) is 1. The molecular formula is C19H20INO3. The van der Waals surface area contributed by atoms with Gasteiger partial charge in [-0.3, -0.25) is 4.79 Å². The molecule has 0 aromatic heterocycles. The van der Waals surface area contributed by atoms with Crippen LogP contribution in [0.15, 0.2) is 42.5 Å². The molecule has 0 radical (unpaired) electrons. The van der Waals surface area contributed by atoms with Crippen molar-refractivity contribution in [2.45, 2.75) is 31.9 Å². The van der Waals surface area contributed by atoms with Crippen LogP contribution < -0.4 is 14.8 Å². The van der Waals surface area contributed by atoms with E-state index in [-0.39, 0.29) is 17.6 Å². The van der Waals surface area contributed by atoms with Gasteiger partial charge in [-0.05, 0) is 60.7 Å². The maximum atomic E-state index is 12.7. The van der Waals surface area contributed by atoms with Crippen molar-refractivity contribution in [3.63, 3.8) is 0 Å². The monoisotopic (exact) mass is 437 g/mol. The van der Waals surface area contributed by atoms with E-state index < -0.39 is 0 Å². The fourth-order valence-corrected chi connectivity index (χ4v) is 3.60. The number of nitrogens with one attached hydrogen (secondary N) is 1. The zero-order chi connectivity index (χ0) is 17.3. The summed E-state index contributed by atoms with van der Waals surface area (Å²) in [5.74, 6) is 1.44. The molecule has 1 heterocycles. The molecule has 4 nitrogen and oxygen atoms in total. The molecule has 2 aromatic carbocycles. The third kappa shape index (κ3) is 3.50. The minimum Gasteiger partial charge on any atom is -0.497 e. The Labute approximate surface area is 155 Å². The molecule has 5 heteroatoms. The number of hydrogen-bond acceptors (Lipinski definition) is 3. The van der Waals surface area contributed by atoms with Gasteiger partial charge >= 0.3 is 0 Å². The zero-order valence-corrected chi connectivity index (χ0v) is 16.1. The topological polar surface area (TPSA) is 47.6 Å². The lowest BCUT2D eigenvalue weighted by Gasteiger charge is -2.38. The second kappa shape index (κ2) is 6.63. The van der Waals surface area contributed by atoms with Crippen molar-refractivity contribution < 1.29 is 14.3 Å². The summed E-state index contributed by atoms with van der Waals surface area (Å²) in [5.41, 5.74) is 1.31. The highest BCUT2D eigenvalue weighted by molar-refractivity contribution is 14.1. The van der Waals surface area contributed by atoms with E-state index in [9.17, 15) is 4.79 Å². The quantitative estimate of drug-likeness (QED) is 0.728. The number of rotatable bonds is 3. The molecule has 1 aliphatic rings. The van der Waals surface area contributed by atoms with Crippen LogP contribution in [-0.2, 0) is 0 Å². The largest absolute Gasteiger partial charge is 0.497 e. The van der Waals surface area contributed by atoms with E-state index in [1.165, 1.54) is 0 Å². The summed E-state index contributed by atoms with van der Waals surface area (Å²) >= 11 is 2.18. The van der Waals surface area contributed by atoms with Crippen LogP contribution in [0.1, 0.15) is 42.2 Å². The first-order valence-corrected chi connectivity index (χ1v) is 8.90. The van der Waals surface area contributed by atoms with Gasteiger partial charge in [0.1, 0.15) is 17.1 Å². The fourth-order valence-electron chi connectivity index (χ4n) is 2.97. The standard InChI is InChI=1S/C19H20INO3/c1-19(2)11-16(14-9-8-12(23-3)10-17(14)24-19)21-18(22)13-6-4-5-7-15(13)20/h4-10,16H,11H2,1-3H3,(H,21,22)/t16-/m1/s1. The summed E-state index contributed by atoms with van der Waals surface area (Å²) in [6.45, 7) is 4.06. The first-order chi connectivity index (χ1) is 11.4. The lowest BCUT2D eigenvalue weighted by molar-refractivity contribution is 0.0617. The van der Waals surface area contributed by atoms with E-state index in [1.54, 1.807) is 7.11 Å². The molecule has 1 atom stereocenters. The summed E-state index contributed by atoms with van der Waals surface area (Å²) in [5, 5.41) is 3.16. The summed E-state index contributed by atoms with van der Waals surface area (Å²) in [6.07, 6.45) is 0.710. The average Bonchev–Trinajstić information content (AvgIpc) is 2.53. The number of ether oxygens (including phenoxy) is 2. The van der Waals surface area contributed by atoms with E-state index in [0.29, 0.717) is 12.0 Å². The Bertz CT molecular complexity index is 773. The van der Waals surface area contributed by atoms with Crippen LogP contribution in [0.5, 0.6) is 11.5 Å². The molecule has 1 N–H and O–H groups in total. The maximum absolute atomic E-state index is 12.7. The van der Waals surface area contributed by atoms with Gasteiger partial charge in [-0.2, -0.15) is 0 Å². The molecule has 0 bridgehead atoms. The third-order valence-corrected chi connectivity index (χ3v) is 5.04. The van der Waals surface area contributed by atoms with E-state index in [1.807, 2.05) is 56.3 Å². The van der Waals surface area contributed by atoms with Crippen LogP contribution >= 0.6 is 22.6 Å². The zero-order valence-electron chi connectivity index (χ0n) is 13.9. The Morgan fingerprint density at radius 2 is 2.04 bits per heavy atom. The van der Waals surface area contributed by atoms with Crippen LogP contribution in [0.25, 0.3) is 0 Å². The van der Waals surface area contributed by atoms with Crippen molar-refractivity contribution in [2.24, 2.45) is 0 Å². The summed E-state index contributed by atoms with van der Waals surface area (Å²) in [4.78, 5) is 12.7. The number of carbonyl (C=O) groups excluding carboxylic acids is 1. The van der Waals surface area contributed by atoms with Gasteiger partial charge in [-0.1, -0.05) is 12.1 Å². The Balaban J connectivity index is 1.91. The van der Waals surface area contributed by atoms with Crippen molar-refractivity contribution in [3.05, 3.63) is 57.2 Å². The van der Waals surface area contributed by atoms with Gasteiger partial charge in [0.05, 0.1) is 18.7 Å². The number of methoxy groups -OCH3 is 1. The normalized spacial score (nSPS) is 18.2. The predicted octanol–water partition coefficient (Wildman–Crippen LogP) is 4.33. The second-order valence-electron chi connectivity index (χ2n) is 6.48. The molecule has 126 valence electrons. The van der Waals surface area contributed by atoms with Crippen molar-refractivity contribution >= 4 is 28.5 Å². The third-order valence-electron chi connectivity index (χ3n) is 4.10. The lowest BCUT2D eigenvalue weighted by atomic mass is 9.89. The number of benzene rings is 2. The summed E-state index contributed by atoms with van der Waals surface area (Å²) in [7, 11) is 1.63. The van der Waals surface area contributed by atoms with Crippen molar-refractivity contribution in [3.8, 4) is 11.5 Å². The first-order valence-electron chi connectivity index (χ1n) is 7.82. The molecule has 24 heavy (non-hydrogen) atoms. The van der Waals surface area contributed by atoms with Gasteiger partial charge in [0.25, 0.3) is 5.91 Å². The maximum Gasteiger partial charge on any atom is 0.252 e. The van der Waals surface area contributed by atoms with Crippen LogP contribution in [0.4, 0.5) is 0 Å². The molecule has 0 saturated carbocycles. The van der Waals surface area contributed by atoms with Gasteiger partial charge in [0, 0.05) is 21.6 Å². The van der Waals surface area contributed by atoms with Gasteiger partial charge in [0.15, 0.2) is 0 Å². The SMILES string of the molecule is COc1ccc2c(c1)OC(C)(C)C[C@H]2NC(=O)c1ccccc1I. The number of fused-ring (bicyclic) bond motifs is 1. The Hall–Kier alpha value is -1.76. The minimum atomic E-state index is -0.360. The molecule has 3 rings (SSSR count). The van der Waals surface area contributed by atoms with E-state index in [4.69, 9.17) is 9.47 Å². The number of amides is 1. The van der Waals surface area contributed by atoms with Gasteiger partial charge in [-0.15, -0.1) is 0 Å². The smallest absolute Gasteiger partial charge is 0.252 e. The second-order valence-corrected chi connectivity index (χ2v) is 7.64. The molecule has 0 unspecified atom stereocenters. The molecule has 1 amide bonds. The van der Waals surface area contributed by atoms with E-state index >= 15 is 0 Å². The number of carbonyl (C=O) groups is 1. The van der Waals surface area contributed by atoms with E-state index in [2.05, 4.69) is 27.9 Å². The van der Waals surface area contributed by atoms with Gasteiger partial charge in [0.2, 0.25) is 0 Å². The van der Waals surface area contributed by atoms with Crippen molar-refractivity contribution in [1.29, 1.82) is 0 Å². The fraction of sp³-hybridized carbons (Fsp3) is 0.316. The van der Waals surface area contributed by atoms with Crippen LogP contribution in [0.3, 0.4) is 0 Å². The highest BCUT2D eigenvalue weighted by Gasteiger charge is 2.35. The van der Waals surface area contributed by atoms with E-state index in [0.717, 1.165) is 20.6 Å². The Kier molecular flexibility index (Phi) is 4.71. The van der Waals surface area contributed by atoms with Crippen molar-refractivity contribution in [1.82, 2.24) is 5.32 Å². The average molecular weight is 437 g/mol. The minimum absolute atomic E-state index is 0.0653. The molecule has 2 aromatic rings. The van der Waals surface area contributed by atoms with Gasteiger partial charge in [-0.25, -0.2) is 0 Å². The molecule has 0 aliphatic carbocycles.